The second-order valence-electron chi connectivity index (χ2n) is 5.28. The van der Waals surface area contributed by atoms with E-state index >= 15 is 0 Å². The van der Waals surface area contributed by atoms with Crippen molar-refractivity contribution in [1.82, 2.24) is 0 Å². The van der Waals surface area contributed by atoms with E-state index < -0.39 is 12.2 Å². The van der Waals surface area contributed by atoms with Crippen molar-refractivity contribution in [2.24, 2.45) is 0 Å². The summed E-state index contributed by atoms with van der Waals surface area (Å²) in [6, 6.07) is 16.3. The summed E-state index contributed by atoms with van der Waals surface area (Å²) in [4.78, 5) is 26.7. The van der Waals surface area contributed by atoms with E-state index in [9.17, 15) is 14.7 Å². The molecule has 6 heteroatoms. The second-order valence-corrected chi connectivity index (χ2v) is 5.28. The number of benzene rings is 2. The number of ether oxygens (including phenoxy) is 1. The predicted octanol–water partition coefficient (Wildman–Crippen LogP) is 4.35. The Balaban J connectivity index is 2.39. The highest BCUT2D eigenvalue weighted by molar-refractivity contribution is 5.90. The third-order valence-electron chi connectivity index (χ3n) is 3.71. The summed E-state index contributed by atoms with van der Waals surface area (Å²) in [5.74, 6) is 0. The van der Waals surface area contributed by atoms with Gasteiger partial charge < -0.3 is 9.84 Å². The van der Waals surface area contributed by atoms with Crippen LogP contribution < -0.4 is 9.80 Å². The Bertz CT molecular complexity index is 718. The Morgan fingerprint density at radius 3 is 2.20 bits per heavy atom. The SMILES string of the molecule is CCOC(=O)N(Cc1ccccc1N(CC)C(=O)O)c1ccccc1. The maximum absolute atomic E-state index is 12.4. The van der Waals surface area contributed by atoms with Gasteiger partial charge in [0.2, 0.25) is 0 Å². The van der Waals surface area contributed by atoms with Gasteiger partial charge in [0.15, 0.2) is 0 Å². The fourth-order valence-electron chi connectivity index (χ4n) is 2.56. The lowest BCUT2D eigenvalue weighted by atomic mass is 10.1. The van der Waals surface area contributed by atoms with E-state index in [-0.39, 0.29) is 13.2 Å². The summed E-state index contributed by atoms with van der Waals surface area (Å²) in [6.45, 7) is 4.31. The molecular formula is C19H22N2O4. The Morgan fingerprint density at radius 1 is 0.960 bits per heavy atom. The Labute approximate surface area is 147 Å². The molecule has 0 atom stereocenters. The molecule has 25 heavy (non-hydrogen) atoms. The number of carboxylic acid groups (broad SMARTS) is 1. The predicted molar refractivity (Wildman–Crippen MR) is 97.1 cm³/mol. The molecule has 2 rings (SSSR count). The van der Waals surface area contributed by atoms with Gasteiger partial charge in [-0.05, 0) is 37.6 Å². The first-order valence-corrected chi connectivity index (χ1v) is 8.16. The molecule has 0 saturated heterocycles. The topological polar surface area (TPSA) is 70.1 Å². The van der Waals surface area contributed by atoms with Gasteiger partial charge in [-0.15, -0.1) is 0 Å². The molecule has 0 unspecified atom stereocenters. The average Bonchev–Trinajstić information content (AvgIpc) is 2.62. The highest BCUT2D eigenvalue weighted by atomic mass is 16.6. The minimum atomic E-state index is -1.03. The van der Waals surface area contributed by atoms with Crippen LogP contribution in [0.25, 0.3) is 0 Å². The number of hydrogen-bond donors (Lipinski definition) is 1. The van der Waals surface area contributed by atoms with Crippen LogP contribution >= 0.6 is 0 Å². The lowest BCUT2D eigenvalue weighted by Crippen LogP contribution is -2.33. The summed E-state index contributed by atoms with van der Waals surface area (Å²) < 4.78 is 5.16. The molecule has 0 aliphatic heterocycles. The summed E-state index contributed by atoms with van der Waals surface area (Å²) >= 11 is 0. The smallest absolute Gasteiger partial charge is 0.414 e. The molecule has 2 aromatic rings. The van der Waals surface area contributed by atoms with Crippen molar-refractivity contribution >= 4 is 23.6 Å². The Morgan fingerprint density at radius 2 is 1.60 bits per heavy atom. The standard InChI is InChI=1S/C19H22N2O4/c1-3-20(18(22)23)17-13-9-8-10-15(17)14-21(19(24)25-4-2)16-11-6-5-7-12-16/h5-13H,3-4,14H2,1-2H3,(H,22,23). The molecule has 0 heterocycles. The van der Waals surface area contributed by atoms with Crippen molar-refractivity contribution in [2.45, 2.75) is 20.4 Å². The molecule has 0 aliphatic rings. The van der Waals surface area contributed by atoms with Crippen molar-refractivity contribution in [1.29, 1.82) is 0 Å². The number of nitrogens with zero attached hydrogens (tertiary/aromatic N) is 2. The number of para-hydroxylation sites is 2. The number of amides is 2. The van der Waals surface area contributed by atoms with Crippen LogP contribution in [0, 0.1) is 0 Å². The molecular weight excluding hydrogens is 320 g/mol. The van der Waals surface area contributed by atoms with Crippen LogP contribution in [0.2, 0.25) is 0 Å². The largest absolute Gasteiger partial charge is 0.465 e. The van der Waals surface area contributed by atoms with E-state index in [1.54, 1.807) is 26.0 Å². The quantitative estimate of drug-likeness (QED) is 0.847. The summed E-state index contributed by atoms with van der Waals surface area (Å²) in [5.41, 5.74) is 1.97. The van der Waals surface area contributed by atoms with Crippen LogP contribution in [0.5, 0.6) is 0 Å². The summed E-state index contributed by atoms with van der Waals surface area (Å²) in [7, 11) is 0. The molecule has 0 aromatic heterocycles. The highest BCUT2D eigenvalue weighted by Crippen LogP contribution is 2.25. The zero-order valence-electron chi connectivity index (χ0n) is 14.4. The van der Waals surface area contributed by atoms with E-state index in [4.69, 9.17) is 4.74 Å². The van der Waals surface area contributed by atoms with Gasteiger partial charge >= 0.3 is 12.2 Å². The number of anilines is 2. The van der Waals surface area contributed by atoms with Crippen molar-refractivity contribution in [3.05, 3.63) is 60.2 Å². The number of rotatable bonds is 6. The zero-order chi connectivity index (χ0) is 18.2. The third kappa shape index (κ3) is 4.50. The second kappa shape index (κ2) is 8.73. The lowest BCUT2D eigenvalue weighted by Gasteiger charge is -2.26. The van der Waals surface area contributed by atoms with E-state index in [0.29, 0.717) is 17.9 Å². The van der Waals surface area contributed by atoms with Gasteiger partial charge in [-0.25, -0.2) is 9.59 Å². The van der Waals surface area contributed by atoms with Gasteiger partial charge in [0.1, 0.15) is 0 Å². The molecule has 132 valence electrons. The van der Waals surface area contributed by atoms with E-state index in [1.165, 1.54) is 9.80 Å². The van der Waals surface area contributed by atoms with Gasteiger partial charge in [0.05, 0.1) is 18.8 Å². The molecule has 0 fully saturated rings. The van der Waals surface area contributed by atoms with Crippen LogP contribution in [0.4, 0.5) is 21.0 Å². The first-order chi connectivity index (χ1) is 12.1. The van der Waals surface area contributed by atoms with Crippen LogP contribution in [-0.4, -0.2) is 30.4 Å². The van der Waals surface area contributed by atoms with E-state index in [2.05, 4.69) is 0 Å². The molecule has 0 saturated carbocycles. The molecule has 2 amide bonds. The minimum absolute atomic E-state index is 0.211. The summed E-state index contributed by atoms with van der Waals surface area (Å²) in [5, 5.41) is 9.42. The Hall–Kier alpha value is -3.02. The van der Waals surface area contributed by atoms with Crippen LogP contribution in [-0.2, 0) is 11.3 Å². The first-order valence-electron chi connectivity index (χ1n) is 8.16. The van der Waals surface area contributed by atoms with Crippen molar-refractivity contribution in [2.75, 3.05) is 23.0 Å². The van der Waals surface area contributed by atoms with Gasteiger partial charge in [-0.3, -0.25) is 9.80 Å². The van der Waals surface area contributed by atoms with E-state index in [1.807, 2.05) is 42.5 Å². The molecule has 1 N–H and O–H groups in total. The monoisotopic (exact) mass is 342 g/mol. The van der Waals surface area contributed by atoms with Gasteiger partial charge in [0.25, 0.3) is 0 Å². The zero-order valence-corrected chi connectivity index (χ0v) is 14.4. The fourth-order valence-corrected chi connectivity index (χ4v) is 2.56. The number of hydrogen-bond acceptors (Lipinski definition) is 3. The van der Waals surface area contributed by atoms with Crippen LogP contribution in [0.3, 0.4) is 0 Å². The van der Waals surface area contributed by atoms with E-state index in [0.717, 1.165) is 5.56 Å². The average molecular weight is 342 g/mol. The molecule has 0 radical (unpaired) electrons. The normalized spacial score (nSPS) is 10.2. The molecule has 6 nitrogen and oxygen atoms in total. The van der Waals surface area contributed by atoms with Crippen molar-refractivity contribution < 1.29 is 19.4 Å². The third-order valence-corrected chi connectivity index (χ3v) is 3.71. The maximum atomic E-state index is 12.4. The summed E-state index contributed by atoms with van der Waals surface area (Å²) in [6.07, 6.45) is -1.50. The van der Waals surface area contributed by atoms with Gasteiger partial charge in [0, 0.05) is 12.2 Å². The van der Waals surface area contributed by atoms with Crippen molar-refractivity contribution in [3.8, 4) is 0 Å². The first kappa shape index (κ1) is 18.3. The maximum Gasteiger partial charge on any atom is 0.414 e. The van der Waals surface area contributed by atoms with Crippen LogP contribution in [0.15, 0.2) is 54.6 Å². The lowest BCUT2D eigenvalue weighted by molar-refractivity contribution is 0.159. The van der Waals surface area contributed by atoms with Gasteiger partial charge in [-0.2, -0.15) is 0 Å². The fraction of sp³-hybridized carbons (Fsp3) is 0.263. The molecule has 0 bridgehead atoms. The van der Waals surface area contributed by atoms with Gasteiger partial charge in [-0.1, -0.05) is 36.4 Å². The minimum Gasteiger partial charge on any atom is -0.465 e. The molecule has 0 aliphatic carbocycles. The van der Waals surface area contributed by atoms with Crippen LogP contribution in [0.1, 0.15) is 19.4 Å². The number of carbonyl (C=O) groups is 2. The Kier molecular flexibility index (Phi) is 6.39. The highest BCUT2D eigenvalue weighted by Gasteiger charge is 2.21. The number of carbonyl (C=O) groups excluding carboxylic acids is 1. The van der Waals surface area contributed by atoms with Crippen molar-refractivity contribution in [3.63, 3.8) is 0 Å². The molecule has 0 spiro atoms. The molecule has 2 aromatic carbocycles.